The van der Waals surface area contributed by atoms with Gasteiger partial charge in [-0.25, -0.2) is 4.98 Å². The molecule has 0 spiro atoms. The number of ketones is 1. The highest BCUT2D eigenvalue weighted by atomic mass is 79.9. The summed E-state index contributed by atoms with van der Waals surface area (Å²) in [6.45, 7) is 2.60. The molecule has 1 N–H and O–H groups in total. The van der Waals surface area contributed by atoms with Crippen LogP contribution < -0.4 is 9.64 Å². The number of hydrogen-bond acceptors (Lipinski definition) is 5. The standard InChI is InChI=1S/C25H21BrN2O4/c1-2-14-32-19-11-9-16(10-12-19)23(29)21-22(17-6-5-7-18(26)15-17)28(25(31)24(21)30)20-8-3-4-13-27-20/h3-13,15,22,29H,2,14H2,1H3/t22-/m1/s1. The van der Waals surface area contributed by atoms with Crippen LogP contribution in [0.15, 0.2) is 83.0 Å². The summed E-state index contributed by atoms with van der Waals surface area (Å²) < 4.78 is 6.38. The van der Waals surface area contributed by atoms with Crippen molar-refractivity contribution < 1.29 is 19.4 Å². The van der Waals surface area contributed by atoms with Gasteiger partial charge in [0.25, 0.3) is 5.78 Å². The van der Waals surface area contributed by atoms with Gasteiger partial charge in [-0.15, -0.1) is 0 Å². The fraction of sp³-hybridized carbons (Fsp3) is 0.160. The number of rotatable bonds is 6. The first-order valence-electron chi connectivity index (χ1n) is 10.2. The number of amides is 1. The molecule has 1 saturated heterocycles. The average Bonchev–Trinajstić information content (AvgIpc) is 3.08. The van der Waals surface area contributed by atoms with Crippen molar-refractivity contribution >= 4 is 39.2 Å². The highest BCUT2D eigenvalue weighted by Gasteiger charge is 2.47. The van der Waals surface area contributed by atoms with Crippen molar-refractivity contribution in [1.29, 1.82) is 0 Å². The Labute approximate surface area is 194 Å². The third-order valence-corrected chi connectivity index (χ3v) is 5.60. The number of aromatic nitrogens is 1. The maximum absolute atomic E-state index is 13.1. The molecule has 0 aliphatic carbocycles. The third-order valence-electron chi connectivity index (χ3n) is 5.11. The Morgan fingerprint density at radius 3 is 2.53 bits per heavy atom. The lowest BCUT2D eigenvalue weighted by Gasteiger charge is -2.24. The summed E-state index contributed by atoms with van der Waals surface area (Å²) in [6.07, 6.45) is 2.44. The summed E-state index contributed by atoms with van der Waals surface area (Å²) in [4.78, 5) is 31.8. The molecule has 1 atom stereocenters. The molecule has 1 aliphatic rings. The smallest absolute Gasteiger partial charge is 0.301 e. The number of anilines is 1. The van der Waals surface area contributed by atoms with E-state index in [4.69, 9.17) is 4.74 Å². The fourth-order valence-corrected chi connectivity index (χ4v) is 4.06. The maximum atomic E-state index is 13.1. The maximum Gasteiger partial charge on any atom is 0.301 e. The van der Waals surface area contributed by atoms with Crippen LogP contribution in [0.25, 0.3) is 5.76 Å². The lowest BCUT2D eigenvalue weighted by molar-refractivity contribution is -0.132. The van der Waals surface area contributed by atoms with E-state index in [1.807, 2.05) is 31.2 Å². The van der Waals surface area contributed by atoms with Gasteiger partial charge >= 0.3 is 5.91 Å². The third kappa shape index (κ3) is 4.16. The summed E-state index contributed by atoms with van der Waals surface area (Å²) in [5, 5.41) is 11.1. The van der Waals surface area contributed by atoms with Gasteiger partial charge < -0.3 is 9.84 Å². The van der Waals surface area contributed by atoms with E-state index in [1.165, 1.54) is 4.90 Å². The topological polar surface area (TPSA) is 79.7 Å². The van der Waals surface area contributed by atoms with Gasteiger partial charge in [-0.2, -0.15) is 0 Å². The lowest BCUT2D eigenvalue weighted by atomic mass is 9.95. The quantitative estimate of drug-likeness (QED) is 0.288. The second-order valence-corrected chi connectivity index (χ2v) is 8.20. The van der Waals surface area contributed by atoms with Crippen LogP contribution >= 0.6 is 15.9 Å². The number of aliphatic hydroxyl groups is 1. The summed E-state index contributed by atoms with van der Waals surface area (Å²) in [6, 6.07) is 18.4. The summed E-state index contributed by atoms with van der Waals surface area (Å²) in [5.41, 5.74) is 1.11. The number of ether oxygens (including phenoxy) is 1. The average molecular weight is 493 g/mol. The van der Waals surface area contributed by atoms with Gasteiger partial charge in [0.2, 0.25) is 0 Å². The monoisotopic (exact) mass is 492 g/mol. The number of aliphatic hydroxyl groups excluding tert-OH is 1. The van der Waals surface area contributed by atoms with E-state index in [0.717, 1.165) is 10.9 Å². The first kappa shape index (κ1) is 21.8. The number of nitrogens with zero attached hydrogens (tertiary/aromatic N) is 2. The predicted octanol–water partition coefficient (Wildman–Crippen LogP) is 5.26. The van der Waals surface area contributed by atoms with Crippen LogP contribution in [0.3, 0.4) is 0 Å². The Hall–Kier alpha value is -3.45. The summed E-state index contributed by atoms with van der Waals surface area (Å²) in [7, 11) is 0. The van der Waals surface area contributed by atoms with Crippen molar-refractivity contribution in [1.82, 2.24) is 4.98 Å². The minimum atomic E-state index is -0.821. The van der Waals surface area contributed by atoms with Crippen LogP contribution in [-0.4, -0.2) is 28.4 Å². The van der Waals surface area contributed by atoms with Crippen molar-refractivity contribution in [2.45, 2.75) is 19.4 Å². The molecule has 32 heavy (non-hydrogen) atoms. The molecule has 7 heteroatoms. The Kier molecular flexibility index (Phi) is 6.37. The van der Waals surface area contributed by atoms with E-state index in [9.17, 15) is 14.7 Å². The van der Waals surface area contributed by atoms with E-state index >= 15 is 0 Å². The second-order valence-electron chi connectivity index (χ2n) is 7.28. The number of halogens is 1. The van der Waals surface area contributed by atoms with Crippen LogP contribution in [0.2, 0.25) is 0 Å². The van der Waals surface area contributed by atoms with Crippen molar-refractivity contribution in [3.63, 3.8) is 0 Å². The number of pyridine rings is 1. The van der Waals surface area contributed by atoms with Crippen LogP contribution in [0.1, 0.15) is 30.5 Å². The molecule has 1 amide bonds. The highest BCUT2D eigenvalue weighted by Crippen LogP contribution is 2.42. The molecule has 6 nitrogen and oxygen atoms in total. The van der Waals surface area contributed by atoms with Gasteiger partial charge in [0.15, 0.2) is 0 Å². The molecule has 2 aromatic carbocycles. The SMILES string of the molecule is CCCOc1ccc(C(O)=C2C(=O)C(=O)N(c3ccccn3)[C@@H]2c2cccc(Br)c2)cc1. The van der Waals surface area contributed by atoms with Crippen LogP contribution in [-0.2, 0) is 9.59 Å². The minimum Gasteiger partial charge on any atom is -0.507 e. The number of benzene rings is 2. The van der Waals surface area contributed by atoms with Crippen molar-refractivity contribution in [2.75, 3.05) is 11.5 Å². The zero-order valence-corrected chi connectivity index (χ0v) is 19.0. The largest absolute Gasteiger partial charge is 0.507 e. The van der Waals surface area contributed by atoms with Crippen LogP contribution in [0.4, 0.5) is 5.82 Å². The van der Waals surface area contributed by atoms with E-state index in [0.29, 0.717) is 29.3 Å². The Morgan fingerprint density at radius 2 is 1.88 bits per heavy atom. The van der Waals surface area contributed by atoms with Gasteiger partial charge in [0.1, 0.15) is 17.3 Å². The van der Waals surface area contributed by atoms with E-state index < -0.39 is 17.7 Å². The predicted molar refractivity (Wildman–Crippen MR) is 125 cm³/mol. The van der Waals surface area contributed by atoms with E-state index in [-0.39, 0.29) is 11.3 Å². The normalized spacial score (nSPS) is 17.6. The van der Waals surface area contributed by atoms with Crippen molar-refractivity contribution in [3.05, 3.63) is 94.1 Å². The first-order chi connectivity index (χ1) is 15.5. The van der Waals surface area contributed by atoms with Crippen molar-refractivity contribution in [2.24, 2.45) is 0 Å². The summed E-state index contributed by atoms with van der Waals surface area (Å²) >= 11 is 3.45. The van der Waals surface area contributed by atoms with Gasteiger partial charge in [-0.1, -0.05) is 41.1 Å². The molecular weight excluding hydrogens is 472 g/mol. The second kappa shape index (κ2) is 9.36. The molecule has 3 aromatic rings. The number of hydrogen-bond donors (Lipinski definition) is 1. The van der Waals surface area contributed by atoms with Gasteiger partial charge in [0.05, 0.1) is 18.2 Å². The molecule has 0 saturated carbocycles. The zero-order chi connectivity index (χ0) is 22.7. The number of carbonyl (C=O) groups is 2. The first-order valence-corrected chi connectivity index (χ1v) is 11.0. The number of carbonyl (C=O) groups excluding carboxylic acids is 2. The molecule has 1 aliphatic heterocycles. The molecular formula is C25H21BrN2O4. The molecule has 162 valence electrons. The van der Waals surface area contributed by atoms with Gasteiger partial charge in [-0.3, -0.25) is 14.5 Å². The Morgan fingerprint density at radius 1 is 1.09 bits per heavy atom. The lowest BCUT2D eigenvalue weighted by Crippen LogP contribution is -2.30. The fourth-order valence-electron chi connectivity index (χ4n) is 3.64. The molecule has 2 heterocycles. The molecule has 0 bridgehead atoms. The van der Waals surface area contributed by atoms with E-state index in [2.05, 4.69) is 20.9 Å². The summed E-state index contributed by atoms with van der Waals surface area (Å²) in [5.74, 6) is -0.737. The zero-order valence-electron chi connectivity index (χ0n) is 17.4. The van der Waals surface area contributed by atoms with Gasteiger partial charge in [-0.05, 0) is 60.5 Å². The Balaban J connectivity index is 1.85. The highest BCUT2D eigenvalue weighted by molar-refractivity contribution is 9.10. The Bertz CT molecular complexity index is 1180. The molecule has 4 rings (SSSR count). The molecule has 1 fully saturated rings. The van der Waals surface area contributed by atoms with Gasteiger partial charge in [0, 0.05) is 16.2 Å². The van der Waals surface area contributed by atoms with Crippen LogP contribution in [0, 0.1) is 0 Å². The molecule has 0 radical (unpaired) electrons. The van der Waals surface area contributed by atoms with E-state index in [1.54, 1.807) is 48.7 Å². The van der Waals surface area contributed by atoms with Crippen LogP contribution in [0.5, 0.6) is 5.75 Å². The molecule has 1 aromatic heterocycles. The molecule has 0 unspecified atom stereocenters. The van der Waals surface area contributed by atoms with Crippen molar-refractivity contribution in [3.8, 4) is 5.75 Å². The number of Topliss-reactive ketones (excluding diaryl/α,β-unsaturated/α-hetero) is 1. The minimum absolute atomic E-state index is 0.0148.